The van der Waals surface area contributed by atoms with Gasteiger partial charge in [-0.3, -0.25) is 14.5 Å². The van der Waals surface area contributed by atoms with Crippen molar-refractivity contribution < 1.29 is 4.79 Å². The van der Waals surface area contributed by atoms with E-state index in [1.807, 2.05) is 42.5 Å². The van der Waals surface area contributed by atoms with Crippen LogP contribution in [0.25, 0.3) is 22.0 Å². The molecule has 0 atom stereocenters. The van der Waals surface area contributed by atoms with E-state index in [9.17, 15) is 9.59 Å². The van der Waals surface area contributed by atoms with Crippen LogP contribution in [0, 0.1) is 0 Å². The molecule has 3 aromatic rings. The van der Waals surface area contributed by atoms with E-state index < -0.39 is 0 Å². The monoisotopic (exact) mass is 438 g/mol. The molecule has 2 N–H and O–H groups in total. The molecule has 1 amide bonds. The van der Waals surface area contributed by atoms with E-state index in [2.05, 4.69) is 32.6 Å². The first-order valence-corrected chi connectivity index (χ1v) is 10.5. The number of benzene rings is 2. The number of amides is 1. The molecule has 162 valence electrons. The standard InChI is InChI=1S/C24H26N4O2.ClH/c29-22(13-4-7-16-28-14-5-1-6-15-28)25-19-10-8-9-18(17-19)23-20-11-2-3-12-21(20)24(30)27-26-23;/h1-3,5,8-12,17H,4,6-7,13-16H2,(H,25,29)(H,27,30);1H. The van der Waals surface area contributed by atoms with Crippen LogP contribution in [0.4, 0.5) is 5.69 Å². The van der Waals surface area contributed by atoms with E-state index in [-0.39, 0.29) is 23.9 Å². The Balaban J connectivity index is 0.00000272. The second kappa shape index (κ2) is 10.9. The Hall–Kier alpha value is -2.96. The maximum absolute atomic E-state index is 12.4. The van der Waals surface area contributed by atoms with Crippen LogP contribution < -0.4 is 10.9 Å². The molecular formula is C24H27ClN4O2. The minimum absolute atomic E-state index is 0. The van der Waals surface area contributed by atoms with E-state index in [0.717, 1.165) is 55.5 Å². The molecule has 2 aromatic carbocycles. The summed E-state index contributed by atoms with van der Waals surface area (Å²) < 4.78 is 0. The Kier molecular flexibility index (Phi) is 7.98. The van der Waals surface area contributed by atoms with Gasteiger partial charge in [0.1, 0.15) is 0 Å². The minimum atomic E-state index is -0.209. The first kappa shape index (κ1) is 22.7. The Morgan fingerprint density at radius 3 is 2.71 bits per heavy atom. The lowest BCUT2D eigenvalue weighted by molar-refractivity contribution is -0.116. The van der Waals surface area contributed by atoms with Crippen LogP contribution in [-0.4, -0.2) is 40.6 Å². The first-order valence-electron chi connectivity index (χ1n) is 10.5. The van der Waals surface area contributed by atoms with Gasteiger partial charge in [-0.15, -0.1) is 12.4 Å². The normalized spacial score (nSPS) is 13.7. The summed E-state index contributed by atoms with van der Waals surface area (Å²) in [5.41, 5.74) is 2.06. The number of carbonyl (C=O) groups excluding carboxylic acids is 1. The van der Waals surface area contributed by atoms with Crippen LogP contribution >= 0.6 is 12.4 Å². The number of hydrogen-bond donors (Lipinski definition) is 2. The van der Waals surface area contributed by atoms with Gasteiger partial charge in [0.2, 0.25) is 5.91 Å². The highest BCUT2D eigenvalue weighted by Crippen LogP contribution is 2.26. The number of carbonyl (C=O) groups is 1. The molecule has 0 spiro atoms. The summed E-state index contributed by atoms with van der Waals surface area (Å²) in [7, 11) is 0. The van der Waals surface area contributed by atoms with Gasteiger partial charge in [-0.1, -0.05) is 42.5 Å². The zero-order chi connectivity index (χ0) is 20.8. The predicted octanol–water partition coefficient (Wildman–Crippen LogP) is 4.38. The smallest absolute Gasteiger partial charge is 0.272 e. The van der Waals surface area contributed by atoms with Crippen molar-refractivity contribution in [1.29, 1.82) is 0 Å². The summed E-state index contributed by atoms with van der Waals surface area (Å²) >= 11 is 0. The van der Waals surface area contributed by atoms with Gasteiger partial charge in [0.05, 0.1) is 11.1 Å². The van der Waals surface area contributed by atoms with Crippen LogP contribution in [0.5, 0.6) is 0 Å². The number of hydrogen-bond acceptors (Lipinski definition) is 4. The maximum atomic E-state index is 12.4. The fourth-order valence-electron chi connectivity index (χ4n) is 3.82. The van der Waals surface area contributed by atoms with Crippen LogP contribution in [-0.2, 0) is 4.79 Å². The van der Waals surface area contributed by atoms with Crippen LogP contribution in [0.3, 0.4) is 0 Å². The first-order chi connectivity index (χ1) is 14.7. The number of unbranched alkanes of at least 4 members (excludes halogenated alkanes) is 1. The van der Waals surface area contributed by atoms with Gasteiger partial charge in [0.25, 0.3) is 5.56 Å². The topological polar surface area (TPSA) is 78.1 Å². The summed E-state index contributed by atoms with van der Waals surface area (Å²) in [5, 5.41) is 11.2. The van der Waals surface area contributed by atoms with Gasteiger partial charge < -0.3 is 5.32 Å². The van der Waals surface area contributed by atoms with Crippen LogP contribution in [0.15, 0.2) is 65.5 Å². The van der Waals surface area contributed by atoms with E-state index in [4.69, 9.17) is 0 Å². The third-order valence-corrected chi connectivity index (χ3v) is 5.39. The molecule has 0 fully saturated rings. The van der Waals surface area contributed by atoms with Crippen molar-refractivity contribution in [1.82, 2.24) is 15.1 Å². The molecule has 0 saturated carbocycles. The van der Waals surface area contributed by atoms with Gasteiger partial charge in [-0.25, -0.2) is 5.10 Å². The SMILES string of the molecule is Cl.O=C(CCCCN1CC=CCC1)Nc1cccc(-c2n[nH]c(=O)c3ccccc23)c1. The Morgan fingerprint density at radius 2 is 1.90 bits per heavy atom. The molecule has 1 aromatic heterocycles. The highest BCUT2D eigenvalue weighted by atomic mass is 35.5. The van der Waals surface area contributed by atoms with E-state index in [1.165, 1.54) is 0 Å². The molecular weight excluding hydrogens is 412 g/mol. The molecule has 1 aliphatic rings. The lowest BCUT2D eigenvalue weighted by Crippen LogP contribution is -2.28. The van der Waals surface area contributed by atoms with Gasteiger partial charge >= 0.3 is 0 Å². The average Bonchev–Trinajstić information content (AvgIpc) is 2.78. The predicted molar refractivity (Wildman–Crippen MR) is 128 cm³/mol. The largest absolute Gasteiger partial charge is 0.326 e. The number of aromatic nitrogens is 2. The van der Waals surface area contributed by atoms with Crippen molar-refractivity contribution in [2.24, 2.45) is 0 Å². The number of H-pyrrole nitrogens is 1. The van der Waals surface area contributed by atoms with Gasteiger partial charge in [0, 0.05) is 36.1 Å². The zero-order valence-corrected chi connectivity index (χ0v) is 18.2. The highest BCUT2D eigenvalue weighted by Gasteiger charge is 2.10. The maximum Gasteiger partial charge on any atom is 0.272 e. The van der Waals surface area contributed by atoms with Gasteiger partial charge in [-0.05, 0) is 44.0 Å². The number of rotatable bonds is 7. The molecule has 0 bridgehead atoms. The lowest BCUT2D eigenvalue weighted by atomic mass is 10.0. The number of aromatic amines is 1. The number of fused-ring (bicyclic) bond motifs is 1. The van der Waals surface area contributed by atoms with Gasteiger partial charge in [0.15, 0.2) is 0 Å². The molecule has 0 radical (unpaired) electrons. The molecule has 6 nitrogen and oxygen atoms in total. The van der Waals surface area contributed by atoms with Crippen LogP contribution in [0.1, 0.15) is 25.7 Å². The molecule has 0 aliphatic carbocycles. The van der Waals surface area contributed by atoms with Crippen molar-refractivity contribution in [3.63, 3.8) is 0 Å². The van der Waals surface area contributed by atoms with Crippen molar-refractivity contribution in [3.05, 3.63) is 71.0 Å². The quantitative estimate of drug-likeness (QED) is 0.423. The summed E-state index contributed by atoms with van der Waals surface area (Å²) in [6, 6.07) is 15.0. The number of nitrogens with zero attached hydrogens (tertiary/aromatic N) is 2. The van der Waals surface area contributed by atoms with Crippen molar-refractivity contribution in [2.75, 3.05) is 25.0 Å². The van der Waals surface area contributed by atoms with Crippen LogP contribution in [0.2, 0.25) is 0 Å². The second-order valence-corrected chi connectivity index (χ2v) is 7.59. The molecule has 1 aliphatic heterocycles. The Labute approximate surface area is 187 Å². The summed E-state index contributed by atoms with van der Waals surface area (Å²) in [5.74, 6) is 0.0185. The molecule has 0 unspecified atom stereocenters. The fourth-order valence-corrected chi connectivity index (χ4v) is 3.82. The van der Waals surface area contributed by atoms with Crippen molar-refractivity contribution >= 4 is 34.8 Å². The molecule has 2 heterocycles. The number of halogens is 1. The summed E-state index contributed by atoms with van der Waals surface area (Å²) in [6.07, 6.45) is 7.96. The molecule has 7 heteroatoms. The molecule has 4 rings (SSSR count). The Morgan fingerprint density at radius 1 is 1.06 bits per heavy atom. The van der Waals surface area contributed by atoms with Crippen molar-refractivity contribution in [3.8, 4) is 11.3 Å². The molecule has 0 saturated heterocycles. The van der Waals surface area contributed by atoms with Crippen molar-refractivity contribution in [2.45, 2.75) is 25.7 Å². The summed E-state index contributed by atoms with van der Waals surface area (Å²) in [6.45, 7) is 3.17. The summed E-state index contributed by atoms with van der Waals surface area (Å²) in [4.78, 5) is 26.8. The fraction of sp³-hybridized carbons (Fsp3) is 0.292. The third-order valence-electron chi connectivity index (χ3n) is 5.39. The number of anilines is 1. The highest BCUT2D eigenvalue weighted by molar-refractivity contribution is 5.95. The van der Waals surface area contributed by atoms with Gasteiger partial charge in [-0.2, -0.15) is 5.10 Å². The average molecular weight is 439 g/mol. The molecule has 31 heavy (non-hydrogen) atoms. The van der Waals surface area contributed by atoms with E-state index in [0.29, 0.717) is 17.5 Å². The lowest BCUT2D eigenvalue weighted by Gasteiger charge is -2.22. The third kappa shape index (κ3) is 5.81. The zero-order valence-electron chi connectivity index (χ0n) is 17.3. The second-order valence-electron chi connectivity index (χ2n) is 7.59. The van der Waals surface area contributed by atoms with E-state index in [1.54, 1.807) is 6.07 Å². The minimum Gasteiger partial charge on any atom is -0.326 e. The Bertz CT molecular complexity index is 1130. The van der Waals surface area contributed by atoms with E-state index >= 15 is 0 Å². The number of nitrogens with one attached hydrogen (secondary N) is 2.